The zero-order valence-corrected chi connectivity index (χ0v) is 9.78. The number of hydrogen-bond acceptors (Lipinski definition) is 2. The maximum absolute atomic E-state index is 12.9. The summed E-state index contributed by atoms with van der Waals surface area (Å²) in [6, 6.07) is 1.48. The topological polar surface area (TPSA) is 29.4 Å². The smallest absolute Gasteiger partial charge is 0.194 e. The summed E-state index contributed by atoms with van der Waals surface area (Å²) < 4.78 is 54.0. The molecule has 0 aliphatic heterocycles. The van der Waals surface area contributed by atoms with Gasteiger partial charge in [0.1, 0.15) is 0 Å². The molecule has 0 aliphatic carbocycles. The van der Waals surface area contributed by atoms with Crippen LogP contribution in [0.4, 0.5) is 18.9 Å². The average Bonchev–Trinajstić information content (AvgIpc) is 2.25. The molecule has 0 fully saturated rings. The number of rotatable bonds is 3. The van der Waals surface area contributed by atoms with Gasteiger partial charge in [-0.05, 0) is 0 Å². The Bertz CT molecular complexity index is 474. The highest BCUT2D eigenvalue weighted by atomic mass is 32.2. The molecule has 16 heavy (non-hydrogen) atoms. The monoisotopic (exact) mass is 251 g/mol. The summed E-state index contributed by atoms with van der Waals surface area (Å²) in [5, 5.41) is 0. The van der Waals surface area contributed by atoms with Gasteiger partial charge in [0, 0.05) is 23.6 Å². The van der Waals surface area contributed by atoms with Crippen LogP contribution in [0.1, 0.15) is 13.8 Å². The van der Waals surface area contributed by atoms with E-state index in [1.165, 1.54) is 0 Å². The summed E-state index contributed by atoms with van der Waals surface area (Å²) in [5.41, 5.74) is -0.134. The third-order valence-corrected chi connectivity index (χ3v) is 4.49. The second-order valence-electron chi connectivity index (χ2n) is 3.16. The molecule has 0 saturated carbocycles. The van der Waals surface area contributed by atoms with Crippen molar-refractivity contribution in [2.45, 2.75) is 13.8 Å². The van der Waals surface area contributed by atoms with E-state index in [2.05, 4.69) is 4.36 Å². The lowest BCUT2D eigenvalue weighted by atomic mass is 10.3. The second kappa shape index (κ2) is 4.86. The molecular weight excluding hydrogens is 239 g/mol. The molecule has 0 radical (unpaired) electrons. The highest BCUT2D eigenvalue weighted by Gasteiger charge is 2.11. The summed E-state index contributed by atoms with van der Waals surface area (Å²) in [5.74, 6) is -3.63. The van der Waals surface area contributed by atoms with E-state index in [0.717, 1.165) is 12.1 Å². The van der Waals surface area contributed by atoms with Gasteiger partial charge in [-0.15, -0.1) is 0 Å². The van der Waals surface area contributed by atoms with E-state index < -0.39 is 27.2 Å². The highest BCUT2D eigenvalue weighted by Crippen LogP contribution is 2.21. The van der Waals surface area contributed by atoms with Gasteiger partial charge in [0.25, 0.3) is 0 Å². The molecule has 0 heterocycles. The van der Waals surface area contributed by atoms with Crippen molar-refractivity contribution in [1.29, 1.82) is 0 Å². The molecule has 0 spiro atoms. The maximum Gasteiger partial charge on any atom is 0.194 e. The third kappa shape index (κ3) is 2.75. The van der Waals surface area contributed by atoms with E-state index in [0.29, 0.717) is 0 Å². The van der Waals surface area contributed by atoms with Gasteiger partial charge in [-0.25, -0.2) is 17.4 Å². The summed E-state index contributed by atoms with van der Waals surface area (Å²) in [4.78, 5) is 0. The zero-order chi connectivity index (χ0) is 12.3. The van der Waals surface area contributed by atoms with Crippen molar-refractivity contribution in [3.63, 3.8) is 0 Å². The summed E-state index contributed by atoms with van der Waals surface area (Å²) in [6.07, 6.45) is 0. The van der Waals surface area contributed by atoms with Crippen LogP contribution in [0.25, 0.3) is 0 Å². The van der Waals surface area contributed by atoms with Gasteiger partial charge in [0.15, 0.2) is 17.5 Å². The first kappa shape index (κ1) is 13.0. The minimum absolute atomic E-state index is 0.134. The number of benzene rings is 1. The van der Waals surface area contributed by atoms with Gasteiger partial charge in [0.05, 0.1) is 15.4 Å². The molecule has 0 aliphatic rings. The lowest BCUT2D eigenvalue weighted by Gasteiger charge is -2.04. The van der Waals surface area contributed by atoms with Gasteiger partial charge < -0.3 is 0 Å². The summed E-state index contributed by atoms with van der Waals surface area (Å²) in [6.45, 7) is 3.34. The molecule has 0 N–H and O–H groups in total. The van der Waals surface area contributed by atoms with Crippen LogP contribution in [0.3, 0.4) is 0 Å². The van der Waals surface area contributed by atoms with Gasteiger partial charge >= 0.3 is 0 Å². The molecule has 0 aromatic heterocycles. The SMILES string of the molecule is CCS(=O)(CC)=Nc1cc(F)c(F)c(F)c1. The molecule has 1 rings (SSSR count). The molecule has 1 aromatic carbocycles. The molecule has 0 saturated heterocycles. The molecule has 2 nitrogen and oxygen atoms in total. The fourth-order valence-corrected chi connectivity index (χ4v) is 2.28. The lowest BCUT2D eigenvalue weighted by Crippen LogP contribution is -2.05. The third-order valence-electron chi connectivity index (χ3n) is 2.14. The molecule has 90 valence electrons. The molecule has 0 atom stereocenters. The van der Waals surface area contributed by atoms with Crippen molar-refractivity contribution in [3.05, 3.63) is 29.6 Å². The van der Waals surface area contributed by atoms with Gasteiger partial charge in [-0.3, -0.25) is 0 Å². The quantitative estimate of drug-likeness (QED) is 0.758. The second-order valence-corrected chi connectivity index (χ2v) is 6.05. The Morgan fingerprint density at radius 2 is 1.56 bits per heavy atom. The van der Waals surface area contributed by atoms with Crippen molar-refractivity contribution in [2.75, 3.05) is 11.5 Å². The van der Waals surface area contributed by atoms with Crippen LogP contribution in [-0.2, 0) is 9.73 Å². The first-order chi connectivity index (χ1) is 7.41. The molecule has 0 unspecified atom stereocenters. The van der Waals surface area contributed by atoms with Crippen molar-refractivity contribution in [1.82, 2.24) is 0 Å². The Morgan fingerprint density at radius 1 is 1.12 bits per heavy atom. The van der Waals surface area contributed by atoms with Gasteiger partial charge in [0.2, 0.25) is 0 Å². The van der Waals surface area contributed by atoms with Gasteiger partial charge in [-0.1, -0.05) is 13.8 Å². The van der Waals surface area contributed by atoms with E-state index >= 15 is 0 Å². The molecule has 0 bridgehead atoms. The highest BCUT2D eigenvalue weighted by molar-refractivity contribution is 7.93. The van der Waals surface area contributed by atoms with Crippen LogP contribution in [0, 0.1) is 17.5 Å². The Labute approximate surface area is 92.7 Å². The van der Waals surface area contributed by atoms with Crippen molar-refractivity contribution >= 4 is 15.4 Å². The fraction of sp³-hybridized carbons (Fsp3) is 0.400. The fourth-order valence-electron chi connectivity index (χ4n) is 1.12. The maximum atomic E-state index is 12.9. The number of hydrogen-bond donors (Lipinski definition) is 0. The Balaban J connectivity index is 3.32. The predicted molar refractivity (Wildman–Crippen MR) is 57.6 cm³/mol. The van der Waals surface area contributed by atoms with E-state index in [9.17, 15) is 17.4 Å². The predicted octanol–water partition coefficient (Wildman–Crippen LogP) is 3.24. The minimum Gasteiger partial charge on any atom is -0.249 e. The van der Waals surface area contributed by atoms with Crippen LogP contribution < -0.4 is 0 Å². The Kier molecular flexibility index (Phi) is 3.96. The number of halogens is 3. The lowest BCUT2D eigenvalue weighted by molar-refractivity contribution is 0.447. The first-order valence-corrected chi connectivity index (χ1v) is 6.64. The van der Waals surface area contributed by atoms with Crippen LogP contribution in [0.15, 0.2) is 16.5 Å². The molecule has 0 amide bonds. The largest absolute Gasteiger partial charge is 0.249 e. The zero-order valence-electron chi connectivity index (χ0n) is 8.97. The van der Waals surface area contributed by atoms with Crippen LogP contribution in [0.5, 0.6) is 0 Å². The van der Waals surface area contributed by atoms with E-state index in [1.54, 1.807) is 13.8 Å². The summed E-state index contributed by atoms with van der Waals surface area (Å²) >= 11 is 0. The van der Waals surface area contributed by atoms with Crippen LogP contribution >= 0.6 is 0 Å². The van der Waals surface area contributed by atoms with Crippen LogP contribution in [-0.4, -0.2) is 15.7 Å². The Morgan fingerprint density at radius 3 is 1.94 bits per heavy atom. The molecule has 1 aromatic rings. The Hall–Kier alpha value is -1.04. The van der Waals surface area contributed by atoms with E-state index in [-0.39, 0.29) is 17.2 Å². The average molecular weight is 251 g/mol. The molecular formula is C10H12F3NOS. The van der Waals surface area contributed by atoms with Crippen molar-refractivity contribution < 1.29 is 17.4 Å². The number of nitrogens with zero attached hydrogens (tertiary/aromatic N) is 1. The van der Waals surface area contributed by atoms with Gasteiger partial charge in [-0.2, -0.15) is 4.36 Å². The molecule has 6 heteroatoms. The van der Waals surface area contributed by atoms with E-state index in [4.69, 9.17) is 0 Å². The first-order valence-electron chi connectivity index (χ1n) is 4.79. The van der Waals surface area contributed by atoms with Crippen LogP contribution in [0.2, 0.25) is 0 Å². The normalized spacial score (nSPS) is 11.6. The minimum atomic E-state index is -2.50. The van der Waals surface area contributed by atoms with E-state index in [1.807, 2.05) is 0 Å². The van der Waals surface area contributed by atoms with Crippen molar-refractivity contribution in [2.24, 2.45) is 4.36 Å². The van der Waals surface area contributed by atoms with Crippen molar-refractivity contribution in [3.8, 4) is 0 Å². The standard InChI is InChI=1S/C10H12F3NOS/c1-3-16(15,4-2)14-7-5-8(11)10(13)9(12)6-7/h5-6H,3-4H2,1-2H3. The summed E-state index contributed by atoms with van der Waals surface area (Å²) in [7, 11) is -2.50.